The number of fused-ring (bicyclic) bond motifs is 1. The Hall–Kier alpha value is -1.94. The maximum Gasteiger partial charge on any atom is 0.183 e. The first-order chi connectivity index (χ1) is 10.2. The second-order valence-corrected chi connectivity index (χ2v) is 6.15. The summed E-state index contributed by atoms with van der Waals surface area (Å²) in [6.45, 7) is 7.26. The van der Waals surface area contributed by atoms with E-state index in [0.29, 0.717) is 0 Å². The van der Waals surface area contributed by atoms with Gasteiger partial charge in [0.05, 0.1) is 11.2 Å². The average molecular weight is 297 g/mol. The van der Waals surface area contributed by atoms with E-state index >= 15 is 0 Å². The minimum atomic E-state index is 0.960. The van der Waals surface area contributed by atoms with Gasteiger partial charge in [0.1, 0.15) is 0 Å². The van der Waals surface area contributed by atoms with Crippen LogP contribution in [0.2, 0.25) is 0 Å². The van der Waals surface area contributed by atoms with Gasteiger partial charge in [-0.3, -0.25) is 4.98 Å². The summed E-state index contributed by atoms with van der Waals surface area (Å²) in [6, 6.07) is 8.51. The Morgan fingerprint density at radius 2 is 2.00 bits per heavy atom. The molecule has 0 radical (unpaired) electrons. The smallest absolute Gasteiger partial charge is 0.183 e. The molecule has 21 heavy (non-hydrogen) atoms. The minimum Gasteiger partial charge on any atom is -0.362 e. The van der Waals surface area contributed by atoms with Gasteiger partial charge in [-0.05, 0) is 38.5 Å². The van der Waals surface area contributed by atoms with E-state index in [2.05, 4.69) is 53.8 Å². The van der Waals surface area contributed by atoms with E-state index in [9.17, 15) is 0 Å². The highest BCUT2D eigenvalue weighted by Gasteiger charge is 2.10. The predicted molar refractivity (Wildman–Crippen MR) is 91.1 cm³/mol. The molecule has 4 heteroatoms. The molecule has 1 aromatic carbocycles. The van der Waals surface area contributed by atoms with E-state index in [1.54, 1.807) is 11.3 Å². The van der Waals surface area contributed by atoms with Crippen molar-refractivity contribution in [3.8, 4) is 11.3 Å². The molecule has 3 nitrogen and oxygen atoms in total. The molecule has 0 unspecified atom stereocenters. The van der Waals surface area contributed by atoms with Crippen LogP contribution in [0.4, 0.5) is 5.13 Å². The van der Waals surface area contributed by atoms with Crippen LogP contribution in [0.15, 0.2) is 29.6 Å². The van der Waals surface area contributed by atoms with Gasteiger partial charge < -0.3 is 5.32 Å². The molecule has 3 aromatic rings. The Morgan fingerprint density at radius 1 is 1.14 bits per heavy atom. The third kappa shape index (κ3) is 2.90. The van der Waals surface area contributed by atoms with Crippen molar-refractivity contribution in [3.63, 3.8) is 0 Å². The summed E-state index contributed by atoms with van der Waals surface area (Å²) in [5.74, 6) is 0. The summed E-state index contributed by atoms with van der Waals surface area (Å²) in [5.41, 5.74) is 5.50. The largest absolute Gasteiger partial charge is 0.362 e. The SMILES string of the molecule is CCCNc1nc(-c2cc(C)nc3ccc(C)cc23)cs1. The van der Waals surface area contributed by atoms with Gasteiger partial charge in [0.25, 0.3) is 0 Å². The second-order valence-electron chi connectivity index (χ2n) is 5.30. The van der Waals surface area contributed by atoms with Crippen molar-refractivity contribution >= 4 is 27.4 Å². The van der Waals surface area contributed by atoms with Crippen LogP contribution in [0.3, 0.4) is 0 Å². The fraction of sp³-hybridized carbons (Fsp3) is 0.294. The third-order valence-electron chi connectivity index (χ3n) is 3.40. The quantitative estimate of drug-likeness (QED) is 0.752. The van der Waals surface area contributed by atoms with Gasteiger partial charge in [0.2, 0.25) is 0 Å². The number of aromatic nitrogens is 2. The van der Waals surface area contributed by atoms with Gasteiger partial charge in [-0.2, -0.15) is 0 Å². The van der Waals surface area contributed by atoms with Gasteiger partial charge in [0, 0.05) is 28.6 Å². The number of pyridine rings is 1. The van der Waals surface area contributed by atoms with E-state index in [4.69, 9.17) is 4.98 Å². The van der Waals surface area contributed by atoms with Crippen LogP contribution in [0.1, 0.15) is 24.6 Å². The van der Waals surface area contributed by atoms with Crippen molar-refractivity contribution in [1.82, 2.24) is 9.97 Å². The first-order valence-corrected chi connectivity index (χ1v) is 8.13. The fourth-order valence-corrected chi connectivity index (χ4v) is 3.13. The molecule has 0 aliphatic rings. The number of nitrogens with zero attached hydrogens (tertiary/aromatic N) is 2. The Balaban J connectivity index is 2.10. The zero-order chi connectivity index (χ0) is 14.8. The van der Waals surface area contributed by atoms with E-state index < -0.39 is 0 Å². The maximum atomic E-state index is 4.72. The molecule has 1 N–H and O–H groups in total. The molecule has 108 valence electrons. The number of hydrogen-bond acceptors (Lipinski definition) is 4. The van der Waals surface area contributed by atoms with Gasteiger partial charge in [0.15, 0.2) is 5.13 Å². The van der Waals surface area contributed by atoms with Crippen molar-refractivity contribution in [2.24, 2.45) is 0 Å². The first kappa shape index (κ1) is 14.0. The number of anilines is 1. The Labute approximate surface area is 129 Å². The van der Waals surface area contributed by atoms with Crippen LogP contribution in [0, 0.1) is 13.8 Å². The summed E-state index contributed by atoms with van der Waals surface area (Å²) in [4.78, 5) is 9.34. The molecule has 0 atom stereocenters. The molecule has 0 saturated heterocycles. The fourth-order valence-electron chi connectivity index (χ4n) is 2.39. The normalized spacial score (nSPS) is 11.0. The van der Waals surface area contributed by atoms with Gasteiger partial charge >= 0.3 is 0 Å². The molecule has 2 aromatic heterocycles. The number of rotatable bonds is 4. The van der Waals surface area contributed by atoms with E-state index in [1.807, 2.05) is 6.92 Å². The lowest BCUT2D eigenvalue weighted by Crippen LogP contribution is -1.98. The highest BCUT2D eigenvalue weighted by atomic mass is 32.1. The van der Waals surface area contributed by atoms with Crippen LogP contribution in [0.25, 0.3) is 22.2 Å². The molecule has 0 aliphatic heterocycles. The van der Waals surface area contributed by atoms with E-state index in [1.165, 1.54) is 16.5 Å². The van der Waals surface area contributed by atoms with Crippen molar-refractivity contribution in [3.05, 3.63) is 40.9 Å². The van der Waals surface area contributed by atoms with E-state index in [-0.39, 0.29) is 0 Å². The van der Waals surface area contributed by atoms with Crippen LogP contribution in [-0.2, 0) is 0 Å². The highest BCUT2D eigenvalue weighted by Crippen LogP contribution is 2.31. The second kappa shape index (κ2) is 5.82. The van der Waals surface area contributed by atoms with Gasteiger partial charge in [-0.1, -0.05) is 18.6 Å². The number of nitrogens with one attached hydrogen (secondary N) is 1. The zero-order valence-electron chi connectivity index (χ0n) is 12.6. The lowest BCUT2D eigenvalue weighted by Gasteiger charge is -2.07. The van der Waals surface area contributed by atoms with E-state index in [0.717, 1.165) is 35.0 Å². The molecule has 0 spiro atoms. The van der Waals surface area contributed by atoms with Crippen molar-refractivity contribution < 1.29 is 0 Å². The molecule has 0 amide bonds. The predicted octanol–water partition coefficient (Wildman–Crippen LogP) is 4.80. The standard InChI is InChI=1S/C17H19N3S/c1-4-7-18-17-20-16(10-21-17)14-9-12(3)19-15-6-5-11(2)8-13(14)15/h5-6,8-10H,4,7H2,1-3H3,(H,18,20). The van der Waals surface area contributed by atoms with Gasteiger partial charge in [-0.25, -0.2) is 4.98 Å². The summed E-state index contributed by atoms with van der Waals surface area (Å²) in [6.07, 6.45) is 1.10. The minimum absolute atomic E-state index is 0.960. The maximum absolute atomic E-state index is 4.72. The Kier molecular flexibility index (Phi) is 3.88. The monoisotopic (exact) mass is 297 g/mol. The third-order valence-corrected chi connectivity index (χ3v) is 4.20. The lowest BCUT2D eigenvalue weighted by molar-refractivity contribution is 0.976. The number of thiazole rings is 1. The highest BCUT2D eigenvalue weighted by molar-refractivity contribution is 7.14. The number of benzene rings is 1. The zero-order valence-corrected chi connectivity index (χ0v) is 13.4. The van der Waals surface area contributed by atoms with Crippen molar-refractivity contribution in [1.29, 1.82) is 0 Å². The molecule has 3 rings (SSSR count). The number of hydrogen-bond donors (Lipinski definition) is 1. The summed E-state index contributed by atoms with van der Waals surface area (Å²) in [7, 11) is 0. The molecule has 2 heterocycles. The van der Waals surface area contributed by atoms with Crippen LogP contribution < -0.4 is 5.32 Å². The molecule has 0 saturated carbocycles. The topological polar surface area (TPSA) is 37.8 Å². The Morgan fingerprint density at radius 3 is 2.81 bits per heavy atom. The van der Waals surface area contributed by atoms with Crippen LogP contribution in [0.5, 0.6) is 0 Å². The number of aryl methyl sites for hydroxylation is 2. The van der Waals surface area contributed by atoms with Crippen molar-refractivity contribution in [2.45, 2.75) is 27.2 Å². The molecular weight excluding hydrogens is 278 g/mol. The lowest BCUT2D eigenvalue weighted by atomic mass is 10.0. The molecule has 0 fully saturated rings. The molecular formula is C17H19N3S. The Bertz CT molecular complexity index is 777. The summed E-state index contributed by atoms with van der Waals surface area (Å²) < 4.78 is 0. The summed E-state index contributed by atoms with van der Waals surface area (Å²) >= 11 is 1.66. The molecule has 0 aliphatic carbocycles. The molecule has 0 bridgehead atoms. The summed E-state index contributed by atoms with van der Waals surface area (Å²) in [5, 5.41) is 7.63. The van der Waals surface area contributed by atoms with Crippen molar-refractivity contribution in [2.75, 3.05) is 11.9 Å². The van der Waals surface area contributed by atoms with Crippen LogP contribution >= 0.6 is 11.3 Å². The van der Waals surface area contributed by atoms with Gasteiger partial charge in [-0.15, -0.1) is 11.3 Å². The van der Waals surface area contributed by atoms with Crippen LogP contribution in [-0.4, -0.2) is 16.5 Å². The average Bonchev–Trinajstić information content (AvgIpc) is 2.93. The first-order valence-electron chi connectivity index (χ1n) is 7.25.